The van der Waals surface area contributed by atoms with Crippen LogP contribution in [0.4, 0.5) is 0 Å². The van der Waals surface area contributed by atoms with Gasteiger partial charge in [-0.05, 0) is 103 Å². The highest BCUT2D eigenvalue weighted by atomic mass is 35.5. The summed E-state index contributed by atoms with van der Waals surface area (Å²) in [5, 5.41) is 4.69. The van der Waals surface area contributed by atoms with Crippen LogP contribution < -0.4 is 10.3 Å². The highest BCUT2D eigenvalue weighted by Gasteiger charge is 2.21. The Morgan fingerprint density at radius 2 is 1.88 bits per heavy atom. The molecule has 2 aromatic carbocycles. The summed E-state index contributed by atoms with van der Waals surface area (Å²) in [4.78, 5) is 16.9. The molecule has 0 amide bonds. The molecule has 0 aliphatic carbocycles. The number of H-pyrrole nitrogens is 1. The Bertz CT molecular complexity index is 1230. The number of unbranched alkanes of at least 4 members (excludes halogenated alkanes) is 1. The molecule has 0 bridgehead atoms. The number of ether oxygens (including phenoxy) is 1. The van der Waals surface area contributed by atoms with Crippen molar-refractivity contribution in [2.45, 2.75) is 31.6 Å². The first kappa shape index (κ1) is 22.8. The lowest BCUT2D eigenvalue weighted by atomic mass is 9.87. The van der Waals surface area contributed by atoms with Gasteiger partial charge >= 0.3 is 0 Å². The average Bonchev–Trinajstić information content (AvgIpc) is 3.28. The minimum absolute atomic E-state index is 0. The standard InChI is InChI=1S/C26H28N2O2S.ClH/c29-26-9-7-20-6-8-21(18-24(20)27-26)30-16-2-1-13-28-14-10-19(11-15-28)22-4-3-5-25-23(22)12-17-31-25;/h3-9,12,17-19H,1-2,10-11,13-16H2,(H,27,29);1H. The van der Waals surface area contributed by atoms with Crippen molar-refractivity contribution in [1.29, 1.82) is 0 Å². The van der Waals surface area contributed by atoms with Crippen molar-refractivity contribution in [3.05, 3.63) is 75.9 Å². The van der Waals surface area contributed by atoms with Crippen LogP contribution in [-0.4, -0.2) is 36.1 Å². The predicted molar refractivity (Wildman–Crippen MR) is 137 cm³/mol. The van der Waals surface area contributed by atoms with Gasteiger partial charge in [-0.15, -0.1) is 23.7 Å². The molecule has 5 rings (SSSR count). The second-order valence-corrected chi connectivity index (χ2v) is 9.37. The van der Waals surface area contributed by atoms with Crippen LogP contribution >= 0.6 is 23.7 Å². The summed E-state index contributed by atoms with van der Waals surface area (Å²) >= 11 is 1.84. The Hall–Kier alpha value is -2.34. The van der Waals surface area contributed by atoms with Crippen molar-refractivity contribution in [2.24, 2.45) is 0 Å². The maximum absolute atomic E-state index is 11.5. The number of nitrogens with one attached hydrogen (secondary N) is 1. The molecule has 4 nitrogen and oxygen atoms in total. The zero-order valence-corrected chi connectivity index (χ0v) is 19.7. The van der Waals surface area contributed by atoms with Crippen molar-refractivity contribution < 1.29 is 4.74 Å². The van der Waals surface area contributed by atoms with Crippen LogP contribution in [0.1, 0.15) is 37.2 Å². The summed E-state index contributed by atoms with van der Waals surface area (Å²) in [6.07, 6.45) is 4.69. The SMILES string of the molecule is Cl.O=c1ccc2ccc(OCCCCN3CCC(c4cccc5sccc45)CC3)cc2[nH]1. The number of nitrogens with zero attached hydrogens (tertiary/aromatic N) is 1. The second-order valence-electron chi connectivity index (χ2n) is 8.42. The van der Waals surface area contributed by atoms with E-state index in [1.165, 1.54) is 36.0 Å². The normalized spacial score (nSPS) is 15.1. The van der Waals surface area contributed by atoms with Crippen LogP contribution in [0.3, 0.4) is 0 Å². The van der Waals surface area contributed by atoms with E-state index in [4.69, 9.17) is 4.74 Å². The highest BCUT2D eigenvalue weighted by Crippen LogP contribution is 2.35. The molecule has 1 aliphatic rings. The van der Waals surface area contributed by atoms with Crippen molar-refractivity contribution in [3.63, 3.8) is 0 Å². The van der Waals surface area contributed by atoms with Gasteiger partial charge in [0.25, 0.3) is 0 Å². The number of aromatic amines is 1. The predicted octanol–water partition coefficient (Wildman–Crippen LogP) is 6.20. The first-order valence-electron chi connectivity index (χ1n) is 11.2. The molecule has 0 saturated carbocycles. The van der Waals surface area contributed by atoms with Crippen LogP contribution in [0, 0.1) is 0 Å². The van der Waals surface area contributed by atoms with Gasteiger partial charge in [-0.2, -0.15) is 0 Å². The van der Waals surface area contributed by atoms with Gasteiger partial charge in [0.15, 0.2) is 0 Å². The van der Waals surface area contributed by atoms with E-state index < -0.39 is 0 Å². The molecule has 4 aromatic rings. The Balaban J connectivity index is 0.00000245. The van der Waals surface area contributed by atoms with Crippen LogP contribution in [0.15, 0.2) is 64.8 Å². The number of aromatic nitrogens is 1. The molecule has 32 heavy (non-hydrogen) atoms. The monoisotopic (exact) mass is 468 g/mol. The molecule has 0 atom stereocenters. The molecule has 0 unspecified atom stereocenters. The summed E-state index contributed by atoms with van der Waals surface area (Å²) in [7, 11) is 0. The third kappa shape index (κ3) is 5.17. The summed E-state index contributed by atoms with van der Waals surface area (Å²) < 4.78 is 7.33. The van der Waals surface area contributed by atoms with E-state index in [1.807, 2.05) is 35.6 Å². The molecule has 1 fully saturated rings. The summed E-state index contributed by atoms with van der Waals surface area (Å²) in [6.45, 7) is 4.22. The number of piperidine rings is 1. The van der Waals surface area contributed by atoms with Gasteiger partial charge in [-0.1, -0.05) is 12.1 Å². The maximum atomic E-state index is 11.5. The average molecular weight is 469 g/mol. The van der Waals surface area contributed by atoms with Crippen molar-refractivity contribution >= 4 is 44.7 Å². The number of thiophene rings is 1. The van der Waals surface area contributed by atoms with E-state index in [9.17, 15) is 4.79 Å². The summed E-state index contributed by atoms with van der Waals surface area (Å²) in [5.41, 5.74) is 2.29. The first-order chi connectivity index (χ1) is 15.3. The lowest BCUT2D eigenvalue weighted by Gasteiger charge is -2.32. The number of hydrogen-bond donors (Lipinski definition) is 1. The molecular formula is C26H29ClN2O2S. The number of fused-ring (bicyclic) bond motifs is 2. The molecule has 1 N–H and O–H groups in total. The van der Waals surface area contributed by atoms with Gasteiger partial charge in [0.05, 0.1) is 12.1 Å². The Labute approximate surface area is 198 Å². The number of halogens is 1. The fourth-order valence-electron chi connectivity index (χ4n) is 4.69. The van der Waals surface area contributed by atoms with E-state index in [0.717, 1.165) is 36.0 Å². The van der Waals surface area contributed by atoms with Gasteiger partial charge in [0, 0.05) is 16.8 Å². The molecule has 168 valence electrons. The van der Waals surface area contributed by atoms with E-state index in [2.05, 4.69) is 39.5 Å². The van der Waals surface area contributed by atoms with Crippen LogP contribution in [0.2, 0.25) is 0 Å². The van der Waals surface area contributed by atoms with E-state index in [0.29, 0.717) is 12.5 Å². The molecule has 0 radical (unpaired) electrons. The fourth-order valence-corrected chi connectivity index (χ4v) is 5.51. The molecule has 1 saturated heterocycles. The molecular weight excluding hydrogens is 440 g/mol. The van der Waals surface area contributed by atoms with Crippen molar-refractivity contribution in [3.8, 4) is 5.75 Å². The molecule has 1 aliphatic heterocycles. The number of benzene rings is 2. The third-order valence-electron chi connectivity index (χ3n) is 6.39. The largest absolute Gasteiger partial charge is 0.494 e. The van der Waals surface area contributed by atoms with E-state index in [-0.39, 0.29) is 18.0 Å². The zero-order valence-electron chi connectivity index (χ0n) is 18.1. The van der Waals surface area contributed by atoms with Gasteiger partial charge in [0.1, 0.15) is 5.75 Å². The van der Waals surface area contributed by atoms with Gasteiger partial charge in [-0.25, -0.2) is 0 Å². The molecule has 0 spiro atoms. The van der Waals surface area contributed by atoms with Gasteiger partial charge in [-0.3, -0.25) is 4.79 Å². The number of hydrogen-bond acceptors (Lipinski definition) is 4. The molecule has 6 heteroatoms. The number of pyridine rings is 1. The van der Waals surface area contributed by atoms with Crippen LogP contribution in [0.25, 0.3) is 21.0 Å². The fraction of sp³-hybridized carbons (Fsp3) is 0.346. The number of rotatable bonds is 7. The van der Waals surface area contributed by atoms with Gasteiger partial charge < -0.3 is 14.6 Å². The first-order valence-corrected chi connectivity index (χ1v) is 12.1. The van der Waals surface area contributed by atoms with E-state index in [1.54, 1.807) is 11.6 Å². The van der Waals surface area contributed by atoms with Crippen molar-refractivity contribution in [1.82, 2.24) is 9.88 Å². The minimum Gasteiger partial charge on any atom is -0.494 e. The molecule has 3 heterocycles. The lowest BCUT2D eigenvalue weighted by Crippen LogP contribution is -2.33. The Kier molecular flexibility index (Phi) is 7.51. The lowest BCUT2D eigenvalue weighted by molar-refractivity contribution is 0.202. The zero-order chi connectivity index (χ0) is 21.0. The van der Waals surface area contributed by atoms with Gasteiger partial charge in [0.2, 0.25) is 5.56 Å². The van der Waals surface area contributed by atoms with Crippen LogP contribution in [0.5, 0.6) is 5.75 Å². The minimum atomic E-state index is -0.0829. The second kappa shape index (κ2) is 10.5. The topological polar surface area (TPSA) is 45.3 Å². The third-order valence-corrected chi connectivity index (χ3v) is 7.27. The maximum Gasteiger partial charge on any atom is 0.248 e. The smallest absolute Gasteiger partial charge is 0.248 e. The Morgan fingerprint density at radius 1 is 1.03 bits per heavy atom. The highest BCUT2D eigenvalue weighted by molar-refractivity contribution is 7.17. The summed E-state index contributed by atoms with van der Waals surface area (Å²) in [6, 6.07) is 18.3. The quantitative estimate of drug-likeness (QED) is 0.328. The Morgan fingerprint density at radius 3 is 2.75 bits per heavy atom. The molecule has 2 aromatic heterocycles. The summed E-state index contributed by atoms with van der Waals surface area (Å²) in [5.74, 6) is 1.51. The van der Waals surface area contributed by atoms with Crippen molar-refractivity contribution in [2.75, 3.05) is 26.2 Å². The van der Waals surface area contributed by atoms with E-state index >= 15 is 0 Å². The van der Waals surface area contributed by atoms with Crippen LogP contribution in [-0.2, 0) is 0 Å². The number of likely N-dealkylation sites (tertiary alicyclic amines) is 1.